The van der Waals surface area contributed by atoms with Crippen molar-refractivity contribution < 1.29 is 18.7 Å². The Bertz CT molecular complexity index is 504. The van der Waals surface area contributed by atoms with E-state index in [2.05, 4.69) is 5.32 Å². The molecule has 1 heterocycles. The van der Waals surface area contributed by atoms with Gasteiger partial charge in [0.05, 0.1) is 0 Å². The van der Waals surface area contributed by atoms with Gasteiger partial charge >= 0.3 is 0 Å². The molecule has 0 aromatic heterocycles. The number of benzene rings is 1. The molecule has 0 unspecified atom stereocenters. The minimum Gasteiger partial charge on any atom is -0.368 e. The number of hydrogen-bond donors (Lipinski definition) is 2. The zero-order chi connectivity index (χ0) is 14.7. The third kappa shape index (κ3) is 3.14. The topological polar surface area (TPSA) is 81.4 Å². The lowest BCUT2D eigenvalue weighted by atomic mass is 10.0. The standard InChI is InChI=1S/C14H17FN2O3/c1-8-6-7-20-12(8)14(19)17-11(13(16)18)9-2-4-10(15)5-3-9/h2-5,8,11-12H,6-7H2,1H3,(H2,16,18)(H,17,19)/t8-,11+,12+/m1/s1. The summed E-state index contributed by atoms with van der Waals surface area (Å²) in [6, 6.07) is 4.28. The van der Waals surface area contributed by atoms with Crippen LogP contribution in [-0.4, -0.2) is 24.5 Å². The minimum atomic E-state index is -0.987. The minimum absolute atomic E-state index is 0.0942. The van der Waals surface area contributed by atoms with Gasteiger partial charge in [0.1, 0.15) is 18.0 Å². The Labute approximate surface area is 116 Å². The number of hydrogen-bond acceptors (Lipinski definition) is 3. The quantitative estimate of drug-likeness (QED) is 0.859. The molecule has 0 bridgehead atoms. The van der Waals surface area contributed by atoms with Gasteiger partial charge in [0, 0.05) is 6.61 Å². The van der Waals surface area contributed by atoms with Crippen molar-refractivity contribution in [3.8, 4) is 0 Å². The highest BCUT2D eigenvalue weighted by Gasteiger charge is 2.33. The monoisotopic (exact) mass is 280 g/mol. The number of nitrogens with one attached hydrogen (secondary N) is 1. The molecule has 1 aromatic carbocycles. The van der Waals surface area contributed by atoms with Crippen molar-refractivity contribution in [1.29, 1.82) is 0 Å². The Morgan fingerprint density at radius 1 is 1.40 bits per heavy atom. The Hall–Kier alpha value is -1.95. The summed E-state index contributed by atoms with van der Waals surface area (Å²) in [7, 11) is 0. The van der Waals surface area contributed by atoms with Crippen molar-refractivity contribution in [1.82, 2.24) is 5.32 Å². The molecule has 20 heavy (non-hydrogen) atoms. The molecule has 6 heteroatoms. The molecule has 108 valence electrons. The second-order valence-electron chi connectivity index (χ2n) is 4.95. The number of ether oxygens (including phenoxy) is 1. The van der Waals surface area contributed by atoms with Crippen LogP contribution in [0.1, 0.15) is 24.9 Å². The number of nitrogens with two attached hydrogens (primary N) is 1. The van der Waals surface area contributed by atoms with Crippen LogP contribution in [0.15, 0.2) is 24.3 Å². The summed E-state index contributed by atoms with van der Waals surface area (Å²) in [5.41, 5.74) is 5.74. The van der Waals surface area contributed by atoms with Crippen LogP contribution in [0, 0.1) is 11.7 Å². The van der Waals surface area contributed by atoms with Crippen LogP contribution in [0.25, 0.3) is 0 Å². The number of amides is 2. The second kappa shape index (κ2) is 6.00. The van der Waals surface area contributed by atoms with Crippen molar-refractivity contribution in [3.63, 3.8) is 0 Å². The summed E-state index contributed by atoms with van der Waals surface area (Å²) >= 11 is 0. The molecular formula is C14H17FN2O3. The van der Waals surface area contributed by atoms with E-state index in [0.717, 1.165) is 6.42 Å². The van der Waals surface area contributed by atoms with Crippen molar-refractivity contribution in [2.24, 2.45) is 11.7 Å². The summed E-state index contributed by atoms with van der Waals surface area (Å²) in [6.45, 7) is 2.44. The van der Waals surface area contributed by atoms with E-state index in [-0.39, 0.29) is 11.8 Å². The first kappa shape index (κ1) is 14.5. The first-order valence-electron chi connectivity index (χ1n) is 6.46. The lowest BCUT2D eigenvalue weighted by molar-refractivity contribution is -0.135. The van der Waals surface area contributed by atoms with E-state index in [4.69, 9.17) is 10.5 Å². The Kier molecular flexibility index (Phi) is 4.34. The normalized spacial score (nSPS) is 23.3. The Balaban J connectivity index is 2.11. The molecule has 0 saturated carbocycles. The zero-order valence-electron chi connectivity index (χ0n) is 11.1. The van der Waals surface area contributed by atoms with Crippen LogP contribution < -0.4 is 11.1 Å². The molecule has 0 aliphatic carbocycles. The highest BCUT2D eigenvalue weighted by molar-refractivity contribution is 5.89. The maximum absolute atomic E-state index is 12.9. The summed E-state index contributed by atoms with van der Waals surface area (Å²) in [6.07, 6.45) is 0.230. The smallest absolute Gasteiger partial charge is 0.250 e. The van der Waals surface area contributed by atoms with Gasteiger partial charge in [-0.1, -0.05) is 19.1 Å². The average molecular weight is 280 g/mol. The Morgan fingerprint density at radius 3 is 2.55 bits per heavy atom. The molecule has 2 rings (SSSR count). The summed E-state index contributed by atoms with van der Waals surface area (Å²) in [5, 5.41) is 2.56. The molecule has 0 radical (unpaired) electrons. The fraction of sp³-hybridized carbons (Fsp3) is 0.429. The van der Waals surface area contributed by atoms with Gasteiger partial charge in [0.25, 0.3) is 0 Å². The fourth-order valence-corrected chi connectivity index (χ4v) is 2.23. The maximum atomic E-state index is 12.9. The first-order valence-corrected chi connectivity index (χ1v) is 6.46. The molecule has 1 aromatic rings. The summed E-state index contributed by atoms with van der Waals surface area (Å²) < 4.78 is 18.2. The van der Waals surface area contributed by atoms with Crippen molar-refractivity contribution >= 4 is 11.8 Å². The van der Waals surface area contributed by atoms with Gasteiger partial charge in [-0.15, -0.1) is 0 Å². The van der Waals surface area contributed by atoms with E-state index in [1.807, 2.05) is 6.92 Å². The number of rotatable bonds is 4. The van der Waals surface area contributed by atoms with Crippen molar-refractivity contribution in [2.75, 3.05) is 6.61 Å². The van der Waals surface area contributed by atoms with Crippen LogP contribution >= 0.6 is 0 Å². The van der Waals surface area contributed by atoms with Crippen LogP contribution in [0.3, 0.4) is 0 Å². The molecule has 1 fully saturated rings. The summed E-state index contributed by atoms with van der Waals surface area (Å²) in [4.78, 5) is 23.6. The number of halogens is 1. The molecule has 1 aliphatic heterocycles. The van der Waals surface area contributed by atoms with E-state index >= 15 is 0 Å². The van der Waals surface area contributed by atoms with Gasteiger partial charge in [0.2, 0.25) is 11.8 Å². The molecule has 3 atom stereocenters. The molecule has 1 aliphatic rings. The van der Waals surface area contributed by atoms with E-state index in [1.54, 1.807) is 0 Å². The summed E-state index contributed by atoms with van der Waals surface area (Å²) in [5.74, 6) is -1.40. The lowest BCUT2D eigenvalue weighted by Gasteiger charge is -2.20. The number of primary amides is 1. The predicted molar refractivity (Wildman–Crippen MR) is 70.0 cm³/mol. The lowest BCUT2D eigenvalue weighted by Crippen LogP contribution is -2.43. The van der Waals surface area contributed by atoms with Gasteiger partial charge in [-0.3, -0.25) is 9.59 Å². The molecule has 2 amide bonds. The second-order valence-corrected chi connectivity index (χ2v) is 4.95. The first-order chi connectivity index (χ1) is 9.49. The fourth-order valence-electron chi connectivity index (χ4n) is 2.23. The number of carbonyl (C=O) groups excluding carboxylic acids is 2. The zero-order valence-corrected chi connectivity index (χ0v) is 11.1. The van der Waals surface area contributed by atoms with Crippen molar-refractivity contribution in [3.05, 3.63) is 35.6 Å². The van der Waals surface area contributed by atoms with Gasteiger partial charge in [-0.25, -0.2) is 4.39 Å². The molecule has 0 spiro atoms. The average Bonchev–Trinajstić information content (AvgIpc) is 2.83. The van der Waals surface area contributed by atoms with Gasteiger partial charge < -0.3 is 15.8 Å². The SMILES string of the molecule is C[C@@H]1CCO[C@@H]1C(=O)N[C@H](C(N)=O)c1ccc(F)cc1. The maximum Gasteiger partial charge on any atom is 0.250 e. The molecular weight excluding hydrogens is 263 g/mol. The number of carbonyl (C=O) groups is 2. The van der Waals surface area contributed by atoms with E-state index in [0.29, 0.717) is 12.2 Å². The Morgan fingerprint density at radius 2 is 2.05 bits per heavy atom. The third-order valence-electron chi connectivity index (χ3n) is 3.42. The molecule has 1 saturated heterocycles. The molecule has 5 nitrogen and oxygen atoms in total. The highest BCUT2D eigenvalue weighted by Crippen LogP contribution is 2.21. The van der Waals surface area contributed by atoms with Gasteiger partial charge in [-0.05, 0) is 30.0 Å². The third-order valence-corrected chi connectivity index (χ3v) is 3.42. The van der Waals surface area contributed by atoms with E-state index in [1.165, 1.54) is 24.3 Å². The van der Waals surface area contributed by atoms with E-state index < -0.39 is 23.9 Å². The van der Waals surface area contributed by atoms with Crippen LogP contribution in [0.2, 0.25) is 0 Å². The van der Waals surface area contributed by atoms with Gasteiger partial charge in [-0.2, -0.15) is 0 Å². The molecule has 3 N–H and O–H groups in total. The van der Waals surface area contributed by atoms with Crippen LogP contribution in [0.4, 0.5) is 4.39 Å². The van der Waals surface area contributed by atoms with Crippen molar-refractivity contribution in [2.45, 2.75) is 25.5 Å². The highest BCUT2D eigenvalue weighted by atomic mass is 19.1. The van der Waals surface area contributed by atoms with E-state index in [9.17, 15) is 14.0 Å². The van der Waals surface area contributed by atoms with Crippen LogP contribution in [-0.2, 0) is 14.3 Å². The van der Waals surface area contributed by atoms with Crippen LogP contribution in [0.5, 0.6) is 0 Å². The largest absolute Gasteiger partial charge is 0.368 e. The predicted octanol–water partition coefficient (Wildman–Crippen LogP) is 0.893. The van der Waals surface area contributed by atoms with Gasteiger partial charge in [0.15, 0.2) is 0 Å².